The second-order valence-corrected chi connectivity index (χ2v) is 10.8. The van der Waals surface area contributed by atoms with Gasteiger partial charge < -0.3 is 5.32 Å². The zero-order valence-corrected chi connectivity index (χ0v) is 18.0. The van der Waals surface area contributed by atoms with Crippen LogP contribution in [0.5, 0.6) is 0 Å². The molecule has 1 aromatic rings. The number of anilines is 1. The standard InChI is InChI=1S/C22H33N3O3S/c26-22(17-24-14-11-18-7-2-3-8-19(18)16-24)23-20-9-6-10-21(15-20)29(27,28)25-12-4-1-5-13-25/h6,9-10,15,18-19H,1-5,7-8,11-14,16-17H2,(H,23,26)/t18-,19+/m1/s1. The van der Waals surface area contributed by atoms with Crippen LogP contribution in [0.25, 0.3) is 0 Å². The van der Waals surface area contributed by atoms with Gasteiger partial charge in [0.1, 0.15) is 0 Å². The summed E-state index contributed by atoms with van der Waals surface area (Å²) in [5.74, 6) is 1.52. The van der Waals surface area contributed by atoms with E-state index >= 15 is 0 Å². The molecule has 4 rings (SSSR count). The summed E-state index contributed by atoms with van der Waals surface area (Å²) in [5.41, 5.74) is 0.556. The van der Waals surface area contributed by atoms with Gasteiger partial charge in [0, 0.05) is 25.3 Å². The van der Waals surface area contributed by atoms with Crippen molar-refractivity contribution in [2.75, 3.05) is 38.0 Å². The third kappa shape index (κ3) is 5.01. The first-order chi connectivity index (χ1) is 14.0. The van der Waals surface area contributed by atoms with E-state index in [0.717, 1.165) is 44.2 Å². The van der Waals surface area contributed by atoms with Gasteiger partial charge in [0.15, 0.2) is 0 Å². The molecular weight excluding hydrogens is 386 g/mol. The van der Waals surface area contributed by atoms with Crippen molar-refractivity contribution >= 4 is 21.6 Å². The number of rotatable bonds is 5. The highest BCUT2D eigenvalue weighted by Crippen LogP contribution is 2.35. The molecule has 7 heteroatoms. The Morgan fingerprint density at radius 2 is 1.72 bits per heavy atom. The predicted octanol–water partition coefficient (Wildman–Crippen LogP) is 3.31. The maximum Gasteiger partial charge on any atom is 0.243 e. The lowest BCUT2D eigenvalue weighted by molar-refractivity contribution is -0.118. The summed E-state index contributed by atoms with van der Waals surface area (Å²) in [6, 6.07) is 6.68. The molecule has 6 nitrogen and oxygen atoms in total. The van der Waals surface area contributed by atoms with Crippen molar-refractivity contribution in [3.8, 4) is 0 Å². The summed E-state index contributed by atoms with van der Waals surface area (Å²) < 4.78 is 27.3. The van der Waals surface area contributed by atoms with Crippen molar-refractivity contribution in [2.45, 2.75) is 56.3 Å². The van der Waals surface area contributed by atoms with E-state index in [2.05, 4.69) is 10.2 Å². The molecule has 0 radical (unpaired) electrons. The van der Waals surface area contributed by atoms with Crippen molar-refractivity contribution in [1.29, 1.82) is 0 Å². The number of carbonyl (C=O) groups excluding carboxylic acids is 1. The summed E-state index contributed by atoms with van der Waals surface area (Å²) in [5, 5.41) is 2.91. The van der Waals surface area contributed by atoms with Crippen molar-refractivity contribution in [3.63, 3.8) is 0 Å². The van der Waals surface area contributed by atoms with Crippen molar-refractivity contribution < 1.29 is 13.2 Å². The molecule has 29 heavy (non-hydrogen) atoms. The average molecular weight is 420 g/mol. The molecule has 0 unspecified atom stereocenters. The molecule has 160 valence electrons. The Balaban J connectivity index is 1.36. The first-order valence-electron chi connectivity index (χ1n) is 11.1. The van der Waals surface area contributed by atoms with E-state index in [1.165, 1.54) is 32.1 Å². The zero-order chi connectivity index (χ0) is 20.3. The number of hydrogen-bond donors (Lipinski definition) is 1. The molecule has 0 spiro atoms. The van der Waals surface area contributed by atoms with Crippen LogP contribution in [0.15, 0.2) is 29.2 Å². The number of piperidine rings is 2. The molecule has 1 aliphatic carbocycles. The Hall–Kier alpha value is -1.44. The Morgan fingerprint density at radius 3 is 2.52 bits per heavy atom. The number of likely N-dealkylation sites (tertiary alicyclic amines) is 1. The molecular formula is C22H33N3O3S. The first-order valence-corrected chi connectivity index (χ1v) is 12.6. The number of carbonyl (C=O) groups is 1. The average Bonchev–Trinajstić information content (AvgIpc) is 2.74. The predicted molar refractivity (Wildman–Crippen MR) is 114 cm³/mol. The number of nitrogens with zero attached hydrogens (tertiary/aromatic N) is 2. The highest BCUT2D eigenvalue weighted by atomic mass is 32.2. The van der Waals surface area contributed by atoms with Crippen molar-refractivity contribution in [2.24, 2.45) is 11.8 Å². The highest BCUT2D eigenvalue weighted by molar-refractivity contribution is 7.89. The zero-order valence-electron chi connectivity index (χ0n) is 17.2. The van der Waals surface area contributed by atoms with Gasteiger partial charge in [-0.1, -0.05) is 31.7 Å². The molecule has 2 saturated heterocycles. The van der Waals surface area contributed by atoms with Crippen LogP contribution in [-0.2, 0) is 14.8 Å². The number of amides is 1. The highest BCUT2D eigenvalue weighted by Gasteiger charge is 2.31. The van der Waals surface area contributed by atoms with E-state index in [1.54, 1.807) is 28.6 Å². The lowest BCUT2D eigenvalue weighted by Gasteiger charge is -2.41. The summed E-state index contributed by atoms with van der Waals surface area (Å²) in [6.07, 6.45) is 9.42. The topological polar surface area (TPSA) is 69.7 Å². The van der Waals surface area contributed by atoms with Crippen LogP contribution < -0.4 is 5.32 Å². The lowest BCUT2D eigenvalue weighted by atomic mass is 9.75. The Morgan fingerprint density at radius 1 is 0.966 bits per heavy atom. The molecule has 1 aromatic carbocycles. The van der Waals surface area contributed by atoms with Crippen LogP contribution in [-0.4, -0.2) is 56.3 Å². The first kappa shape index (κ1) is 20.8. The van der Waals surface area contributed by atoms with Crippen LogP contribution in [0.3, 0.4) is 0 Å². The minimum Gasteiger partial charge on any atom is -0.325 e. The van der Waals surface area contributed by atoms with Crippen LogP contribution in [0.4, 0.5) is 5.69 Å². The molecule has 0 aromatic heterocycles. The summed E-state index contributed by atoms with van der Waals surface area (Å²) in [7, 11) is -3.49. The Labute approximate surface area is 174 Å². The Kier molecular flexibility index (Phi) is 6.56. The van der Waals surface area contributed by atoms with Gasteiger partial charge in [-0.05, 0) is 62.3 Å². The van der Waals surface area contributed by atoms with Crippen LogP contribution in [0.1, 0.15) is 51.4 Å². The van der Waals surface area contributed by atoms with Gasteiger partial charge in [-0.2, -0.15) is 4.31 Å². The minimum atomic E-state index is -3.49. The molecule has 3 aliphatic rings. The van der Waals surface area contributed by atoms with E-state index in [-0.39, 0.29) is 10.8 Å². The van der Waals surface area contributed by atoms with Gasteiger partial charge in [-0.3, -0.25) is 9.69 Å². The monoisotopic (exact) mass is 419 g/mol. The molecule has 1 amide bonds. The van der Waals surface area contributed by atoms with Crippen molar-refractivity contribution in [3.05, 3.63) is 24.3 Å². The van der Waals surface area contributed by atoms with Crippen molar-refractivity contribution in [1.82, 2.24) is 9.21 Å². The van der Waals surface area contributed by atoms with Crippen LogP contribution >= 0.6 is 0 Å². The van der Waals surface area contributed by atoms with E-state index in [0.29, 0.717) is 25.3 Å². The molecule has 0 bridgehead atoms. The van der Waals surface area contributed by atoms with Gasteiger partial charge in [0.25, 0.3) is 0 Å². The fourth-order valence-electron chi connectivity index (χ4n) is 5.21. The number of hydrogen-bond acceptors (Lipinski definition) is 4. The SMILES string of the molecule is O=C(CN1CC[C@H]2CCCC[C@H]2C1)Nc1cccc(S(=O)(=O)N2CCCCC2)c1. The molecule has 1 saturated carbocycles. The molecule has 1 N–H and O–H groups in total. The van der Waals surface area contributed by atoms with Crippen LogP contribution in [0, 0.1) is 11.8 Å². The Bertz CT molecular complexity index is 820. The van der Waals surface area contributed by atoms with Gasteiger partial charge in [-0.25, -0.2) is 8.42 Å². The largest absolute Gasteiger partial charge is 0.325 e. The maximum atomic E-state index is 12.9. The third-order valence-corrected chi connectivity index (χ3v) is 8.71. The normalized spacial score (nSPS) is 26.6. The smallest absolute Gasteiger partial charge is 0.243 e. The molecule has 2 aliphatic heterocycles. The fraction of sp³-hybridized carbons (Fsp3) is 0.682. The number of sulfonamides is 1. The second kappa shape index (κ2) is 9.14. The minimum absolute atomic E-state index is 0.0632. The van der Waals surface area contributed by atoms with Gasteiger partial charge in [0.2, 0.25) is 15.9 Å². The van der Waals surface area contributed by atoms with Gasteiger partial charge >= 0.3 is 0 Å². The number of nitrogens with one attached hydrogen (secondary N) is 1. The maximum absolute atomic E-state index is 12.9. The van der Waals surface area contributed by atoms with Gasteiger partial charge in [-0.15, -0.1) is 0 Å². The molecule has 3 fully saturated rings. The second-order valence-electron chi connectivity index (χ2n) is 8.87. The third-order valence-electron chi connectivity index (χ3n) is 6.81. The fourth-order valence-corrected chi connectivity index (χ4v) is 6.78. The van der Waals surface area contributed by atoms with Gasteiger partial charge in [0.05, 0.1) is 11.4 Å². The van der Waals surface area contributed by atoms with E-state index < -0.39 is 10.0 Å². The van der Waals surface area contributed by atoms with E-state index in [1.807, 2.05) is 0 Å². The molecule has 2 heterocycles. The lowest BCUT2D eigenvalue weighted by Crippen LogP contribution is -2.44. The number of fused-ring (bicyclic) bond motifs is 1. The molecule has 2 atom stereocenters. The summed E-state index contributed by atoms with van der Waals surface area (Å²) >= 11 is 0. The number of benzene rings is 1. The van der Waals surface area contributed by atoms with E-state index in [9.17, 15) is 13.2 Å². The summed E-state index contributed by atoms with van der Waals surface area (Å²) in [6.45, 7) is 3.54. The quantitative estimate of drug-likeness (QED) is 0.795. The van der Waals surface area contributed by atoms with E-state index in [4.69, 9.17) is 0 Å². The van der Waals surface area contributed by atoms with Crippen LogP contribution in [0.2, 0.25) is 0 Å². The summed E-state index contributed by atoms with van der Waals surface area (Å²) in [4.78, 5) is 15.1.